The third-order valence-electron chi connectivity index (χ3n) is 2.55. The van der Waals surface area contributed by atoms with E-state index in [0.29, 0.717) is 6.42 Å². The first-order chi connectivity index (χ1) is 7.18. The fraction of sp³-hybridized carbons (Fsp3) is 0.800. The number of nitrogens with one attached hydrogen (secondary N) is 2. The second-order valence-corrected chi connectivity index (χ2v) is 3.86. The lowest BCUT2D eigenvalue weighted by Gasteiger charge is -2.24. The molecule has 5 nitrogen and oxygen atoms in total. The molecule has 0 spiro atoms. The maximum atomic E-state index is 10.9. The van der Waals surface area contributed by atoms with Crippen molar-refractivity contribution in [1.29, 1.82) is 0 Å². The number of carbonyl (C=O) groups is 2. The largest absolute Gasteiger partial charge is 0.550 e. The number of hydrogen-bond donors (Lipinski definition) is 2. The number of carbonyl (C=O) groups excluding carboxylic acids is 2. The lowest BCUT2D eigenvalue weighted by molar-refractivity contribution is -0.305. The van der Waals surface area contributed by atoms with Crippen LogP contribution in [0.5, 0.6) is 0 Å². The minimum absolute atomic E-state index is 0.0963. The fourth-order valence-corrected chi connectivity index (χ4v) is 1.72. The Morgan fingerprint density at radius 1 is 1.40 bits per heavy atom. The summed E-state index contributed by atoms with van der Waals surface area (Å²) in [5, 5.41) is 15.7. The highest BCUT2D eigenvalue weighted by molar-refractivity contribution is 5.74. The van der Waals surface area contributed by atoms with Crippen LogP contribution in [0.4, 0.5) is 4.79 Å². The van der Waals surface area contributed by atoms with E-state index >= 15 is 0 Å². The van der Waals surface area contributed by atoms with Gasteiger partial charge in [0.15, 0.2) is 0 Å². The molecule has 0 aromatic heterocycles. The normalized spacial score (nSPS) is 20.5. The van der Waals surface area contributed by atoms with Crippen molar-refractivity contribution in [2.24, 2.45) is 0 Å². The third kappa shape index (κ3) is 5.24. The van der Waals surface area contributed by atoms with E-state index in [2.05, 4.69) is 10.6 Å². The Morgan fingerprint density at radius 3 is 2.87 bits per heavy atom. The van der Waals surface area contributed by atoms with Gasteiger partial charge >= 0.3 is 6.03 Å². The van der Waals surface area contributed by atoms with Crippen molar-refractivity contribution in [2.75, 3.05) is 6.54 Å². The second-order valence-electron chi connectivity index (χ2n) is 3.86. The molecule has 1 atom stereocenters. The van der Waals surface area contributed by atoms with E-state index in [4.69, 9.17) is 0 Å². The molecule has 5 heteroatoms. The Labute approximate surface area is 89.2 Å². The van der Waals surface area contributed by atoms with Crippen molar-refractivity contribution in [3.05, 3.63) is 0 Å². The first kappa shape index (κ1) is 11.8. The SMILES string of the molecule is O=C([O-])CCCCC[C@H]1CCNC(=O)N1. The van der Waals surface area contributed by atoms with E-state index < -0.39 is 5.97 Å². The smallest absolute Gasteiger partial charge is 0.315 e. The molecule has 1 fully saturated rings. The van der Waals surface area contributed by atoms with Crippen LogP contribution in [0.3, 0.4) is 0 Å². The number of carboxylic acid groups (broad SMARTS) is 1. The van der Waals surface area contributed by atoms with Crippen LogP contribution in [-0.4, -0.2) is 24.6 Å². The van der Waals surface area contributed by atoms with E-state index in [0.717, 1.165) is 32.2 Å². The van der Waals surface area contributed by atoms with E-state index in [-0.39, 0.29) is 18.5 Å². The Bertz CT molecular complexity index is 231. The fourth-order valence-electron chi connectivity index (χ4n) is 1.72. The standard InChI is InChI=1S/C10H18N2O3/c13-9(14)5-3-1-2-4-8-6-7-11-10(15)12-8/h8H,1-7H2,(H,13,14)(H2,11,12,15)/p-1/t8-/m0/s1. The first-order valence-electron chi connectivity index (χ1n) is 5.42. The highest BCUT2D eigenvalue weighted by Crippen LogP contribution is 2.09. The van der Waals surface area contributed by atoms with Crippen molar-refractivity contribution < 1.29 is 14.7 Å². The van der Waals surface area contributed by atoms with Gasteiger partial charge in [-0.15, -0.1) is 0 Å². The molecule has 1 aliphatic rings. The lowest BCUT2D eigenvalue weighted by Crippen LogP contribution is -2.49. The lowest BCUT2D eigenvalue weighted by atomic mass is 10.0. The van der Waals surface area contributed by atoms with E-state index in [1.807, 2.05) is 0 Å². The summed E-state index contributed by atoms with van der Waals surface area (Å²) in [5.41, 5.74) is 0. The molecular formula is C10H17N2O3-. The number of unbranched alkanes of at least 4 members (excludes halogenated alkanes) is 2. The highest BCUT2D eigenvalue weighted by Gasteiger charge is 2.16. The van der Waals surface area contributed by atoms with Gasteiger partial charge in [0, 0.05) is 18.6 Å². The van der Waals surface area contributed by atoms with Gasteiger partial charge in [-0.25, -0.2) is 4.79 Å². The number of hydrogen-bond acceptors (Lipinski definition) is 3. The molecule has 0 bridgehead atoms. The summed E-state index contributed by atoms with van der Waals surface area (Å²) in [7, 11) is 0. The average molecular weight is 213 g/mol. The molecule has 15 heavy (non-hydrogen) atoms. The van der Waals surface area contributed by atoms with Crippen molar-refractivity contribution in [2.45, 2.75) is 44.6 Å². The summed E-state index contributed by atoms with van der Waals surface area (Å²) in [6.45, 7) is 0.732. The van der Waals surface area contributed by atoms with Crippen molar-refractivity contribution in [3.8, 4) is 0 Å². The molecule has 0 radical (unpaired) electrons. The molecule has 0 aliphatic carbocycles. The molecular weight excluding hydrogens is 196 g/mol. The Morgan fingerprint density at radius 2 is 2.20 bits per heavy atom. The quantitative estimate of drug-likeness (QED) is 0.597. The third-order valence-corrected chi connectivity index (χ3v) is 2.55. The van der Waals surface area contributed by atoms with Crippen LogP contribution in [-0.2, 0) is 4.79 Å². The minimum Gasteiger partial charge on any atom is -0.550 e. The Balaban J connectivity index is 1.99. The zero-order chi connectivity index (χ0) is 11.1. The molecule has 0 unspecified atom stereocenters. The van der Waals surface area contributed by atoms with Gasteiger partial charge in [-0.2, -0.15) is 0 Å². The number of rotatable bonds is 6. The van der Waals surface area contributed by atoms with Crippen LogP contribution in [0, 0.1) is 0 Å². The average Bonchev–Trinajstić information content (AvgIpc) is 2.17. The maximum absolute atomic E-state index is 10.9. The summed E-state index contributed by atoms with van der Waals surface area (Å²) in [6.07, 6.45) is 4.53. The minimum atomic E-state index is -0.981. The molecule has 0 saturated carbocycles. The predicted octanol–water partition coefficient (Wildman–Crippen LogP) is -0.242. The van der Waals surface area contributed by atoms with Gasteiger partial charge in [0.1, 0.15) is 0 Å². The van der Waals surface area contributed by atoms with Gasteiger partial charge in [-0.05, 0) is 25.7 Å². The van der Waals surface area contributed by atoms with Crippen LogP contribution in [0.2, 0.25) is 0 Å². The van der Waals surface area contributed by atoms with Crippen LogP contribution < -0.4 is 15.7 Å². The molecule has 0 aromatic carbocycles. The van der Waals surface area contributed by atoms with Crippen LogP contribution >= 0.6 is 0 Å². The number of amides is 2. The molecule has 1 rings (SSSR count). The van der Waals surface area contributed by atoms with Crippen molar-refractivity contribution >= 4 is 12.0 Å². The first-order valence-corrected chi connectivity index (χ1v) is 5.42. The molecule has 1 heterocycles. The maximum Gasteiger partial charge on any atom is 0.315 e. The summed E-state index contributed by atoms with van der Waals surface area (Å²) in [6, 6.07) is 0.155. The molecule has 86 valence electrons. The second kappa shape index (κ2) is 6.27. The summed E-state index contributed by atoms with van der Waals surface area (Å²) >= 11 is 0. The van der Waals surface area contributed by atoms with Gasteiger partial charge < -0.3 is 20.5 Å². The van der Waals surface area contributed by atoms with E-state index in [1.54, 1.807) is 0 Å². The van der Waals surface area contributed by atoms with Gasteiger partial charge in [-0.1, -0.05) is 12.8 Å². The summed E-state index contributed by atoms with van der Waals surface area (Å²) in [4.78, 5) is 21.1. The number of urea groups is 1. The van der Waals surface area contributed by atoms with E-state index in [9.17, 15) is 14.7 Å². The van der Waals surface area contributed by atoms with Crippen LogP contribution in [0.15, 0.2) is 0 Å². The van der Waals surface area contributed by atoms with Gasteiger partial charge in [0.25, 0.3) is 0 Å². The van der Waals surface area contributed by atoms with Crippen LogP contribution in [0.25, 0.3) is 0 Å². The zero-order valence-electron chi connectivity index (χ0n) is 8.75. The van der Waals surface area contributed by atoms with Crippen molar-refractivity contribution in [3.63, 3.8) is 0 Å². The molecule has 1 aliphatic heterocycles. The molecule has 0 aromatic rings. The van der Waals surface area contributed by atoms with Crippen molar-refractivity contribution in [1.82, 2.24) is 10.6 Å². The van der Waals surface area contributed by atoms with Gasteiger partial charge in [-0.3, -0.25) is 0 Å². The summed E-state index contributed by atoms with van der Waals surface area (Å²) < 4.78 is 0. The zero-order valence-corrected chi connectivity index (χ0v) is 8.75. The van der Waals surface area contributed by atoms with Gasteiger partial charge in [0.05, 0.1) is 0 Å². The van der Waals surface area contributed by atoms with E-state index in [1.165, 1.54) is 0 Å². The Hall–Kier alpha value is -1.26. The molecule has 2 N–H and O–H groups in total. The molecule has 1 saturated heterocycles. The summed E-state index contributed by atoms with van der Waals surface area (Å²) in [5.74, 6) is -0.981. The number of aliphatic carboxylic acids is 1. The number of carboxylic acids is 1. The predicted molar refractivity (Wildman–Crippen MR) is 53.0 cm³/mol. The molecule has 2 amide bonds. The van der Waals surface area contributed by atoms with Gasteiger partial charge in [0.2, 0.25) is 0 Å². The van der Waals surface area contributed by atoms with Crippen LogP contribution in [0.1, 0.15) is 38.5 Å². The topological polar surface area (TPSA) is 81.3 Å². The highest BCUT2D eigenvalue weighted by atomic mass is 16.4. The monoisotopic (exact) mass is 213 g/mol. The Kier molecular flexibility index (Phi) is 4.93.